The minimum Gasteiger partial charge on any atom is -0.497 e. The smallest absolute Gasteiger partial charge is 0.119 e. The first-order valence-corrected chi connectivity index (χ1v) is 17.1. The maximum Gasteiger partial charge on any atom is 0.119 e. The Kier molecular flexibility index (Phi) is 7.61. The minimum atomic E-state index is -0.242. The lowest BCUT2D eigenvalue weighted by Gasteiger charge is -2.21. The van der Waals surface area contributed by atoms with Crippen molar-refractivity contribution >= 4 is 43.6 Å². The molecule has 9 heteroatoms. The maximum atomic E-state index is 5.68. The first-order valence-electron chi connectivity index (χ1n) is 17.1. The van der Waals surface area contributed by atoms with Crippen molar-refractivity contribution in [2.75, 3.05) is 28.4 Å². The molecule has 0 aliphatic rings. The van der Waals surface area contributed by atoms with Gasteiger partial charge in [-0.2, -0.15) is 0 Å². The molecule has 5 aromatic heterocycles. The number of nitrogens with zero attached hydrogens (tertiary/aromatic N) is 1. The fraction of sp³-hybridized carbons (Fsp3) is 0.140. The molecule has 5 heterocycles. The highest BCUT2D eigenvalue weighted by Gasteiger charge is 2.29. The van der Waals surface area contributed by atoms with Crippen LogP contribution in [-0.2, 0) is 0 Å². The summed E-state index contributed by atoms with van der Waals surface area (Å²) in [5.74, 6) is 2.68. The van der Waals surface area contributed by atoms with Crippen LogP contribution in [0, 0.1) is 0 Å². The van der Waals surface area contributed by atoms with Crippen LogP contribution in [0.3, 0.4) is 0 Å². The average Bonchev–Trinajstić information content (AvgIpc) is 4.01. The predicted molar refractivity (Wildman–Crippen MR) is 206 cm³/mol. The van der Waals surface area contributed by atoms with E-state index in [1.165, 1.54) is 0 Å². The molecule has 0 fully saturated rings. The molecule has 258 valence electrons. The summed E-state index contributed by atoms with van der Waals surface area (Å²) in [6, 6.07) is 30.9. The van der Waals surface area contributed by atoms with Crippen LogP contribution in [0.25, 0.3) is 43.6 Å². The Labute approximate surface area is 299 Å². The lowest BCUT2D eigenvalue weighted by Crippen LogP contribution is -2.10. The standard InChI is InChI=1S/C43H37N5O4/c1-49-24-8-12-36-28(16-24)32(20-44-36)42(33-21-45-37-13-9-25(50-2)17-29(33)37)40-6-5-7-41(48-40)43(34-22-46-38-14-10-26(51-3)18-30(34)38)35-23-47-39-15-11-27(52-4)19-31(35)39/h5-23,42-47H,1-4H3. The predicted octanol–water partition coefficient (Wildman–Crippen LogP) is 9.40. The lowest BCUT2D eigenvalue weighted by atomic mass is 9.85. The zero-order valence-corrected chi connectivity index (χ0v) is 29.2. The third kappa shape index (κ3) is 5.12. The Balaban J connectivity index is 1.30. The van der Waals surface area contributed by atoms with E-state index in [4.69, 9.17) is 23.9 Å². The van der Waals surface area contributed by atoms with Crippen molar-refractivity contribution in [3.63, 3.8) is 0 Å². The molecule has 4 N–H and O–H groups in total. The molecule has 9 rings (SSSR count). The number of hydrogen-bond acceptors (Lipinski definition) is 5. The molecular weight excluding hydrogens is 651 g/mol. The molecular formula is C43H37N5O4. The molecule has 0 aliphatic carbocycles. The van der Waals surface area contributed by atoms with Gasteiger partial charge in [0.1, 0.15) is 23.0 Å². The van der Waals surface area contributed by atoms with Crippen LogP contribution in [0.2, 0.25) is 0 Å². The highest BCUT2D eigenvalue weighted by molar-refractivity contribution is 5.92. The minimum absolute atomic E-state index is 0.242. The van der Waals surface area contributed by atoms with Gasteiger partial charge in [-0.15, -0.1) is 0 Å². The summed E-state index contributed by atoms with van der Waals surface area (Å²) in [5, 5.41) is 4.27. The van der Waals surface area contributed by atoms with Gasteiger partial charge in [0.2, 0.25) is 0 Å². The molecule has 4 aromatic carbocycles. The third-order valence-electron chi connectivity index (χ3n) is 10.3. The summed E-state index contributed by atoms with van der Waals surface area (Å²) in [7, 11) is 6.79. The van der Waals surface area contributed by atoms with Crippen LogP contribution >= 0.6 is 0 Å². The molecule has 9 nitrogen and oxygen atoms in total. The molecule has 52 heavy (non-hydrogen) atoms. The normalized spacial score (nSPS) is 11.8. The van der Waals surface area contributed by atoms with Gasteiger partial charge in [-0.1, -0.05) is 6.07 Å². The average molecular weight is 688 g/mol. The van der Waals surface area contributed by atoms with E-state index in [-0.39, 0.29) is 11.8 Å². The van der Waals surface area contributed by atoms with Crippen molar-refractivity contribution in [2.24, 2.45) is 0 Å². The number of H-pyrrole nitrogens is 4. The monoisotopic (exact) mass is 687 g/mol. The van der Waals surface area contributed by atoms with E-state index >= 15 is 0 Å². The van der Waals surface area contributed by atoms with Gasteiger partial charge in [-0.05, 0) is 107 Å². The van der Waals surface area contributed by atoms with Crippen molar-refractivity contribution in [1.29, 1.82) is 0 Å². The zero-order chi connectivity index (χ0) is 35.3. The Morgan fingerprint density at radius 3 is 0.962 bits per heavy atom. The van der Waals surface area contributed by atoms with Gasteiger partial charge in [0.25, 0.3) is 0 Å². The lowest BCUT2D eigenvalue weighted by molar-refractivity contribution is 0.415. The van der Waals surface area contributed by atoms with E-state index in [9.17, 15) is 0 Å². The highest BCUT2D eigenvalue weighted by Crippen LogP contribution is 2.44. The first kappa shape index (κ1) is 31.4. The van der Waals surface area contributed by atoms with E-state index in [1.54, 1.807) is 28.4 Å². The molecule has 0 spiro atoms. The molecule has 0 aliphatic heterocycles. The van der Waals surface area contributed by atoms with E-state index in [0.29, 0.717) is 0 Å². The quantitative estimate of drug-likeness (QED) is 0.114. The number of aromatic amines is 4. The summed E-state index contributed by atoms with van der Waals surface area (Å²) < 4.78 is 22.7. The van der Waals surface area contributed by atoms with Gasteiger partial charge in [0, 0.05) is 68.4 Å². The number of ether oxygens (including phenoxy) is 4. The Bertz CT molecular complexity index is 2390. The van der Waals surface area contributed by atoms with Crippen molar-refractivity contribution in [3.05, 3.63) is 149 Å². The van der Waals surface area contributed by atoms with Gasteiger partial charge in [0.15, 0.2) is 0 Å². The molecule has 0 radical (unpaired) electrons. The summed E-state index contributed by atoms with van der Waals surface area (Å²) >= 11 is 0. The fourth-order valence-electron chi connectivity index (χ4n) is 7.71. The van der Waals surface area contributed by atoms with Crippen molar-refractivity contribution in [2.45, 2.75) is 11.8 Å². The summed E-state index contributed by atoms with van der Waals surface area (Å²) in [6.45, 7) is 0. The first-order chi connectivity index (χ1) is 25.6. The summed E-state index contributed by atoms with van der Waals surface area (Å²) in [5.41, 5.74) is 10.3. The highest BCUT2D eigenvalue weighted by atomic mass is 16.5. The van der Waals surface area contributed by atoms with Crippen LogP contribution in [0.4, 0.5) is 0 Å². The molecule has 9 aromatic rings. The van der Waals surface area contributed by atoms with Crippen molar-refractivity contribution in [1.82, 2.24) is 24.9 Å². The number of rotatable bonds is 10. The van der Waals surface area contributed by atoms with E-state index < -0.39 is 0 Å². The fourth-order valence-corrected chi connectivity index (χ4v) is 7.71. The summed E-state index contributed by atoms with van der Waals surface area (Å²) in [4.78, 5) is 19.7. The number of pyridine rings is 1. The maximum absolute atomic E-state index is 5.68. The van der Waals surface area contributed by atoms with Crippen LogP contribution < -0.4 is 18.9 Å². The second kappa shape index (κ2) is 12.6. The number of fused-ring (bicyclic) bond motifs is 4. The molecule has 0 saturated carbocycles. The van der Waals surface area contributed by atoms with Crippen LogP contribution in [0.5, 0.6) is 23.0 Å². The van der Waals surface area contributed by atoms with E-state index in [1.807, 2.05) is 24.3 Å². The SMILES string of the molecule is COc1ccc2[nH]cc(C(c3cccc(C(c4c[nH]c5ccc(OC)cc45)c4c[nH]c5ccc(OC)cc45)n3)c3c[nH]c4ccc(OC)cc34)c2c1. The van der Waals surface area contributed by atoms with Crippen LogP contribution in [0.15, 0.2) is 116 Å². The van der Waals surface area contributed by atoms with Crippen LogP contribution in [0.1, 0.15) is 45.5 Å². The Morgan fingerprint density at radius 2 is 0.692 bits per heavy atom. The van der Waals surface area contributed by atoms with Crippen molar-refractivity contribution < 1.29 is 18.9 Å². The van der Waals surface area contributed by atoms with Crippen molar-refractivity contribution in [3.8, 4) is 23.0 Å². The number of nitrogens with one attached hydrogen (secondary N) is 4. The molecule has 0 atom stereocenters. The van der Waals surface area contributed by atoms with Gasteiger partial charge >= 0.3 is 0 Å². The Morgan fingerprint density at radius 1 is 0.404 bits per heavy atom. The van der Waals surface area contributed by atoms with Crippen LogP contribution in [-0.4, -0.2) is 53.4 Å². The number of benzene rings is 4. The number of hydrogen-bond donors (Lipinski definition) is 4. The largest absolute Gasteiger partial charge is 0.497 e. The van der Waals surface area contributed by atoms with Gasteiger partial charge in [-0.25, -0.2) is 0 Å². The zero-order valence-electron chi connectivity index (χ0n) is 29.2. The number of methoxy groups -OCH3 is 4. The number of aromatic nitrogens is 5. The van der Waals surface area contributed by atoms with Gasteiger partial charge in [-0.3, -0.25) is 4.98 Å². The molecule has 0 unspecified atom stereocenters. The molecule has 0 bridgehead atoms. The van der Waals surface area contributed by atoms with Gasteiger partial charge < -0.3 is 38.9 Å². The molecule has 0 amide bonds. The topological polar surface area (TPSA) is 113 Å². The summed E-state index contributed by atoms with van der Waals surface area (Å²) in [6.07, 6.45) is 8.38. The second-order valence-corrected chi connectivity index (χ2v) is 13.0. The molecule has 0 saturated heterocycles. The third-order valence-corrected chi connectivity index (χ3v) is 10.3. The van der Waals surface area contributed by atoms with Gasteiger partial charge in [0.05, 0.1) is 51.7 Å². The Hall–Kier alpha value is -6.61. The van der Waals surface area contributed by atoms with E-state index in [2.05, 4.69) is 111 Å². The van der Waals surface area contributed by atoms with E-state index in [0.717, 1.165) is 100 Å². The second-order valence-electron chi connectivity index (χ2n) is 13.0.